The first-order valence-electron chi connectivity index (χ1n) is 15.3. The maximum atomic E-state index is 6.20. The number of nitrogens with one attached hydrogen (secondary N) is 1. The van der Waals surface area contributed by atoms with E-state index in [1.54, 1.807) is 6.20 Å². The van der Waals surface area contributed by atoms with E-state index in [-0.39, 0.29) is 18.3 Å². The van der Waals surface area contributed by atoms with E-state index in [1.165, 1.54) is 11.1 Å². The van der Waals surface area contributed by atoms with Gasteiger partial charge in [-0.2, -0.15) is 0 Å². The van der Waals surface area contributed by atoms with Gasteiger partial charge < -0.3 is 19.2 Å². The van der Waals surface area contributed by atoms with Gasteiger partial charge in [0.1, 0.15) is 17.2 Å². The number of pyridine rings is 1. The lowest BCUT2D eigenvalue weighted by molar-refractivity contribution is 0.0358. The molecule has 3 aromatic heterocycles. The Morgan fingerprint density at radius 3 is 2.38 bits per heavy atom. The fourth-order valence-corrected chi connectivity index (χ4v) is 5.82. The number of hydrogen-bond donors (Lipinski definition) is 1. The molecule has 45 heavy (non-hydrogen) atoms. The van der Waals surface area contributed by atoms with Crippen LogP contribution in [0.1, 0.15) is 23.5 Å². The van der Waals surface area contributed by atoms with Crippen LogP contribution in [-0.2, 0) is 4.74 Å². The van der Waals surface area contributed by atoms with E-state index in [2.05, 4.69) is 81.9 Å². The summed E-state index contributed by atoms with van der Waals surface area (Å²) in [4.78, 5) is 16.9. The van der Waals surface area contributed by atoms with Gasteiger partial charge in [0, 0.05) is 67.7 Å². The minimum atomic E-state index is 0. The molecule has 7 rings (SSSR count). The Bertz CT molecular complexity index is 1790. The fourth-order valence-electron chi connectivity index (χ4n) is 5.82. The highest BCUT2D eigenvalue weighted by Gasteiger charge is 2.17. The van der Waals surface area contributed by atoms with Gasteiger partial charge in [-0.1, -0.05) is 60.7 Å². The number of morpholine rings is 1. The van der Waals surface area contributed by atoms with E-state index in [1.807, 2.05) is 41.1 Å². The Hall–Kier alpha value is -4.50. The second-order valence-electron chi connectivity index (χ2n) is 11.1. The van der Waals surface area contributed by atoms with Gasteiger partial charge >= 0.3 is 0 Å². The molecule has 0 amide bonds. The highest BCUT2D eigenvalue weighted by atomic mass is 35.5. The van der Waals surface area contributed by atoms with Crippen molar-refractivity contribution >= 4 is 34.8 Å². The summed E-state index contributed by atoms with van der Waals surface area (Å²) in [6.45, 7) is 5.96. The maximum absolute atomic E-state index is 6.20. The molecule has 9 heteroatoms. The molecule has 1 aliphatic heterocycles. The zero-order chi connectivity index (χ0) is 29.6. The van der Waals surface area contributed by atoms with Crippen LogP contribution in [0.2, 0.25) is 0 Å². The van der Waals surface area contributed by atoms with Gasteiger partial charge in [-0.3, -0.25) is 4.90 Å². The van der Waals surface area contributed by atoms with Crippen molar-refractivity contribution in [3.63, 3.8) is 0 Å². The number of anilines is 1. The molecule has 1 N–H and O–H groups in total. The van der Waals surface area contributed by atoms with Gasteiger partial charge in [-0.15, -0.1) is 12.4 Å². The predicted molar refractivity (Wildman–Crippen MR) is 182 cm³/mol. The van der Waals surface area contributed by atoms with Crippen molar-refractivity contribution in [3.8, 4) is 17.1 Å². The lowest BCUT2D eigenvalue weighted by Crippen LogP contribution is -2.37. The minimum Gasteiger partial charge on any atom is -0.493 e. The van der Waals surface area contributed by atoms with E-state index >= 15 is 0 Å². The molecule has 230 valence electrons. The van der Waals surface area contributed by atoms with Gasteiger partial charge in [0.2, 0.25) is 0 Å². The summed E-state index contributed by atoms with van der Waals surface area (Å²) in [7, 11) is 0. The Morgan fingerprint density at radius 1 is 0.867 bits per heavy atom. The van der Waals surface area contributed by atoms with Crippen LogP contribution in [0.4, 0.5) is 5.82 Å². The number of halogens is 1. The summed E-state index contributed by atoms with van der Waals surface area (Å²) in [5, 5.41) is 4.66. The average Bonchev–Trinajstić information content (AvgIpc) is 3.56. The van der Waals surface area contributed by atoms with Gasteiger partial charge in [-0.05, 0) is 41.8 Å². The molecule has 1 aliphatic rings. The SMILES string of the molecule is Cl.c1ccc(C(CNc2nc(-c3ccc4nccn4c3)nc3cc(OCCCN4CCOCC4)ccc23)c2ccccc2)cc1. The van der Waals surface area contributed by atoms with Crippen molar-refractivity contribution in [2.45, 2.75) is 12.3 Å². The lowest BCUT2D eigenvalue weighted by atomic mass is 9.91. The Morgan fingerprint density at radius 2 is 1.62 bits per heavy atom. The van der Waals surface area contributed by atoms with E-state index < -0.39 is 0 Å². The molecule has 4 heterocycles. The van der Waals surface area contributed by atoms with Crippen LogP contribution >= 0.6 is 12.4 Å². The Balaban J connectivity index is 0.00000357. The monoisotopic (exact) mass is 620 g/mol. The minimum absolute atomic E-state index is 0. The summed E-state index contributed by atoms with van der Waals surface area (Å²) >= 11 is 0. The van der Waals surface area contributed by atoms with Crippen molar-refractivity contribution < 1.29 is 9.47 Å². The van der Waals surface area contributed by atoms with Crippen LogP contribution in [-0.4, -0.2) is 70.3 Å². The number of imidazole rings is 1. The number of fused-ring (bicyclic) bond motifs is 2. The summed E-state index contributed by atoms with van der Waals surface area (Å²) in [6.07, 6.45) is 6.72. The number of rotatable bonds is 11. The molecule has 0 saturated carbocycles. The largest absolute Gasteiger partial charge is 0.493 e. The molecule has 1 fully saturated rings. The van der Waals surface area contributed by atoms with Crippen LogP contribution < -0.4 is 10.1 Å². The first kappa shape index (κ1) is 30.5. The summed E-state index contributed by atoms with van der Waals surface area (Å²) in [5.74, 6) is 2.41. The predicted octanol–water partition coefficient (Wildman–Crippen LogP) is 6.71. The number of ether oxygens (including phenoxy) is 2. The zero-order valence-corrected chi connectivity index (χ0v) is 25.9. The van der Waals surface area contributed by atoms with Crippen LogP contribution in [0, 0.1) is 0 Å². The molecule has 0 spiro atoms. The quantitative estimate of drug-likeness (QED) is 0.161. The fraction of sp³-hybridized carbons (Fsp3) is 0.250. The number of benzene rings is 3. The Kier molecular flexibility index (Phi) is 9.85. The number of aromatic nitrogens is 4. The van der Waals surface area contributed by atoms with Gasteiger partial charge in [0.15, 0.2) is 5.82 Å². The van der Waals surface area contributed by atoms with Crippen molar-refractivity contribution in [1.29, 1.82) is 0 Å². The Labute approximate surface area is 269 Å². The van der Waals surface area contributed by atoms with Crippen LogP contribution in [0.3, 0.4) is 0 Å². The first-order valence-corrected chi connectivity index (χ1v) is 15.3. The standard InChI is InChI=1S/C36H36N6O2.ClH/c1-3-8-27(9-4-1)32(28-10-5-2-6-11-28)25-38-36-31-14-13-30(44-21-7-17-41-19-22-43-23-20-41)24-33(31)39-35(40-36)29-12-15-34-37-16-18-42(34)26-29;/h1-6,8-16,18,24,26,32H,7,17,19-23,25H2,(H,38,39,40);1H. The van der Waals surface area contributed by atoms with E-state index in [0.717, 1.165) is 72.9 Å². The highest BCUT2D eigenvalue weighted by molar-refractivity contribution is 5.91. The van der Waals surface area contributed by atoms with Gasteiger partial charge in [-0.25, -0.2) is 15.0 Å². The second kappa shape index (κ2) is 14.5. The molecule has 8 nitrogen and oxygen atoms in total. The van der Waals surface area contributed by atoms with E-state index in [4.69, 9.17) is 19.4 Å². The van der Waals surface area contributed by atoms with Crippen molar-refractivity contribution in [2.75, 3.05) is 51.3 Å². The van der Waals surface area contributed by atoms with Gasteiger partial charge in [0.05, 0.1) is 25.3 Å². The maximum Gasteiger partial charge on any atom is 0.163 e. The molecule has 1 saturated heterocycles. The molecule has 6 aromatic rings. The number of nitrogens with zero attached hydrogens (tertiary/aromatic N) is 5. The van der Waals surface area contributed by atoms with Crippen molar-refractivity contribution in [2.24, 2.45) is 0 Å². The molecular weight excluding hydrogens is 584 g/mol. The molecule has 0 atom stereocenters. The molecule has 0 radical (unpaired) electrons. The van der Waals surface area contributed by atoms with Gasteiger partial charge in [0.25, 0.3) is 0 Å². The lowest BCUT2D eigenvalue weighted by Gasteiger charge is -2.26. The molecule has 0 aliphatic carbocycles. The summed E-state index contributed by atoms with van der Waals surface area (Å²) in [5.41, 5.74) is 5.14. The average molecular weight is 621 g/mol. The smallest absolute Gasteiger partial charge is 0.163 e. The third-order valence-corrected chi connectivity index (χ3v) is 8.18. The first-order chi connectivity index (χ1) is 21.8. The highest BCUT2D eigenvalue weighted by Crippen LogP contribution is 2.30. The van der Waals surface area contributed by atoms with Crippen molar-refractivity contribution in [3.05, 3.63) is 121 Å². The van der Waals surface area contributed by atoms with Crippen LogP contribution in [0.15, 0.2) is 110 Å². The summed E-state index contributed by atoms with van der Waals surface area (Å²) in [6, 6.07) is 31.4. The molecule has 0 unspecified atom stereocenters. The third-order valence-electron chi connectivity index (χ3n) is 8.18. The normalized spacial score (nSPS) is 13.6. The van der Waals surface area contributed by atoms with E-state index in [0.29, 0.717) is 19.0 Å². The second-order valence-corrected chi connectivity index (χ2v) is 11.1. The topological polar surface area (TPSA) is 76.8 Å². The third kappa shape index (κ3) is 7.26. The molecule has 0 bridgehead atoms. The van der Waals surface area contributed by atoms with Crippen LogP contribution in [0.25, 0.3) is 27.9 Å². The molecule has 3 aromatic carbocycles. The zero-order valence-electron chi connectivity index (χ0n) is 25.1. The molecular formula is C36H37ClN6O2. The number of hydrogen-bond acceptors (Lipinski definition) is 7. The summed E-state index contributed by atoms with van der Waals surface area (Å²) < 4.78 is 13.7. The van der Waals surface area contributed by atoms with E-state index in [9.17, 15) is 0 Å². The van der Waals surface area contributed by atoms with Crippen LogP contribution in [0.5, 0.6) is 5.75 Å². The van der Waals surface area contributed by atoms with Crippen molar-refractivity contribution in [1.82, 2.24) is 24.3 Å².